The largest absolute Gasteiger partial charge is 0.497 e. The molecule has 0 radical (unpaired) electrons. The topological polar surface area (TPSA) is 59.6 Å². The van der Waals surface area contributed by atoms with Crippen LogP contribution in [0, 0.1) is 0 Å². The summed E-state index contributed by atoms with van der Waals surface area (Å²) in [5, 5.41) is 7.34. The first kappa shape index (κ1) is 10.2. The Bertz CT molecular complexity index is 604. The zero-order valence-corrected chi connectivity index (χ0v) is 10.0. The highest BCUT2D eigenvalue weighted by atomic mass is 32.1. The molecule has 0 spiro atoms. The van der Waals surface area contributed by atoms with Crippen LogP contribution in [0.4, 0.5) is 17.1 Å². The minimum absolute atomic E-state index is 0.528. The van der Waals surface area contributed by atoms with Crippen molar-refractivity contribution in [2.24, 2.45) is 10.7 Å². The van der Waals surface area contributed by atoms with Crippen LogP contribution in [0.25, 0.3) is 0 Å². The van der Waals surface area contributed by atoms with Crippen molar-refractivity contribution < 1.29 is 4.74 Å². The second kappa shape index (κ2) is 3.78. The molecule has 17 heavy (non-hydrogen) atoms. The van der Waals surface area contributed by atoms with Crippen molar-refractivity contribution in [3.05, 3.63) is 34.5 Å². The maximum absolute atomic E-state index is 5.97. The van der Waals surface area contributed by atoms with Crippen LogP contribution in [0.2, 0.25) is 0 Å². The molecule has 0 saturated carbocycles. The minimum atomic E-state index is 0.528. The van der Waals surface area contributed by atoms with E-state index in [1.165, 1.54) is 0 Å². The number of fused-ring (bicyclic) bond motifs is 2. The maximum atomic E-state index is 5.97. The van der Waals surface area contributed by atoms with Gasteiger partial charge in [-0.1, -0.05) is 0 Å². The Balaban J connectivity index is 2.17. The lowest BCUT2D eigenvalue weighted by atomic mass is 10.2. The molecule has 0 bridgehead atoms. The van der Waals surface area contributed by atoms with E-state index >= 15 is 0 Å². The van der Waals surface area contributed by atoms with Crippen LogP contribution in [0.3, 0.4) is 0 Å². The van der Waals surface area contributed by atoms with Crippen molar-refractivity contribution >= 4 is 34.2 Å². The summed E-state index contributed by atoms with van der Waals surface area (Å²) in [7, 11) is 1.63. The third kappa shape index (κ3) is 1.64. The van der Waals surface area contributed by atoms with Gasteiger partial charge in [0.05, 0.1) is 29.7 Å². The van der Waals surface area contributed by atoms with Crippen LogP contribution in [-0.2, 0) is 0 Å². The van der Waals surface area contributed by atoms with Gasteiger partial charge in [0.25, 0.3) is 0 Å². The molecule has 86 valence electrons. The number of nitrogens with zero attached hydrogens (tertiary/aromatic N) is 1. The number of benzene rings is 1. The molecule has 0 unspecified atom stereocenters. The van der Waals surface area contributed by atoms with Crippen LogP contribution in [-0.4, -0.2) is 12.9 Å². The summed E-state index contributed by atoms with van der Waals surface area (Å²) in [6, 6.07) is 5.71. The molecule has 0 aliphatic carbocycles. The molecule has 5 heteroatoms. The zero-order chi connectivity index (χ0) is 11.8. The van der Waals surface area contributed by atoms with Crippen molar-refractivity contribution in [2.75, 3.05) is 12.4 Å². The number of rotatable bonds is 1. The first-order chi connectivity index (χ1) is 8.28. The fraction of sp³-hybridized carbons (Fsp3) is 0.0833. The third-order valence-electron chi connectivity index (χ3n) is 2.65. The number of hydrogen-bond donors (Lipinski definition) is 2. The van der Waals surface area contributed by atoms with Gasteiger partial charge < -0.3 is 15.8 Å². The van der Waals surface area contributed by atoms with E-state index < -0.39 is 0 Å². The average Bonchev–Trinajstić information content (AvgIpc) is 2.75. The lowest BCUT2D eigenvalue weighted by Crippen LogP contribution is -2.11. The summed E-state index contributed by atoms with van der Waals surface area (Å²) in [5.41, 5.74) is 9.65. The second-order valence-corrected chi connectivity index (χ2v) is 4.45. The van der Waals surface area contributed by atoms with E-state index in [-0.39, 0.29) is 0 Å². The molecule has 1 aliphatic rings. The van der Waals surface area contributed by atoms with Crippen LogP contribution in [0.1, 0.15) is 5.56 Å². The van der Waals surface area contributed by atoms with Gasteiger partial charge in [-0.05, 0) is 12.1 Å². The SMILES string of the molecule is COc1ccc2c(c1)N=C(N)c1cscc1N2. The van der Waals surface area contributed by atoms with Crippen LogP contribution < -0.4 is 15.8 Å². The van der Waals surface area contributed by atoms with Crippen LogP contribution >= 0.6 is 11.3 Å². The van der Waals surface area contributed by atoms with Crippen LogP contribution in [0.15, 0.2) is 34.0 Å². The molecule has 4 nitrogen and oxygen atoms in total. The smallest absolute Gasteiger partial charge is 0.134 e. The molecule has 0 amide bonds. The Kier molecular flexibility index (Phi) is 2.26. The summed E-state index contributed by atoms with van der Waals surface area (Å²) in [4.78, 5) is 4.42. The van der Waals surface area contributed by atoms with E-state index in [1.54, 1.807) is 18.4 Å². The summed E-state index contributed by atoms with van der Waals surface area (Å²) >= 11 is 1.60. The Hall–Kier alpha value is -2.01. The van der Waals surface area contributed by atoms with Crippen molar-refractivity contribution in [3.8, 4) is 5.75 Å². The van der Waals surface area contributed by atoms with Gasteiger partial charge in [-0.25, -0.2) is 4.99 Å². The van der Waals surface area contributed by atoms with Gasteiger partial charge in [-0.2, -0.15) is 0 Å². The Morgan fingerprint density at radius 2 is 2.18 bits per heavy atom. The van der Waals surface area contributed by atoms with E-state index in [0.717, 1.165) is 28.4 Å². The molecule has 1 aromatic heterocycles. The van der Waals surface area contributed by atoms with Crippen molar-refractivity contribution in [2.45, 2.75) is 0 Å². The summed E-state index contributed by atoms with van der Waals surface area (Å²) in [6.45, 7) is 0. The molecular formula is C12H11N3OS. The first-order valence-electron chi connectivity index (χ1n) is 5.14. The highest BCUT2D eigenvalue weighted by molar-refractivity contribution is 7.08. The molecule has 3 N–H and O–H groups in total. The lowest BCUT2D eigenvalue weighted by molar-refractivity contribution is 0.415. The predicted octanol–water partition coefficient (Wildman–Crippen LogP) is 2.85. The first-order valence-corrected chi connectivity index (χ1v) is 6.08. The zero-order valence-electron chi connectivity index (χ0n) is 9.23. The number of anilines is 2. The molecule has 0 fully saturated rings. The number of thiophene rings is 1. The average molecular weight is 245 g/mol. The van der Waals surface area contributed by atoms with Gasteiger partial charge in [0, 0.05) is 16.8 Å². The normalized spacial score (nSPS) is 12.9. The number of nitrogens with two attached hydrogens (primary N) is 1. The fourth-order valence-electron chi connectivity index (χ4n) is 1.76. The van der Waals surface area contributed by atoms with Crippen molar-refractivity contribution in [3.63, 3.8) is 0 Å². The summed E-state index contributed by atoms with van der Waals surface area (Å²) in [5.74, 6) is 1.30. The second-order valence-electron chi connectivity index (χ2n) is 3.70. The van der Waals surface area contributed by atoms with E-state index in [1.807, 2.05) is 29.0 Å². The molecule has 2 aromatic rings. The van der Waals surface area contributed by atoms with E-state index in [2.05, 4.69) is 10.3 Å². The van der Waals surface area contributed by atoms with E-state index in [4.69, 9.17) is 10.5 Å². The highest BCUT2D eigenvalue weighted by Crippen LogP contribution is 2.36. The van der Waals surface area contributed by atoms with Gasteiger partial charge in [0.15, 0.2) is 0 Å². The van der Waals surface area contributed by atoms with E-state index in [0.29, 0.717) is 5.84 Å². The Morgan fingerprint density at radius 1 is 1.29 bits per heavy atom. The number of methoxy groups -OCH3 is 1. The number of nitrogens with one attached hydrogen (secondary N) is 1. The Labute approximate surface area is 103 Å². The van der Waals surface area contributed by atoms with Gasteiger partial charge in [0.2, 0.25) is 0 Å². The minimum Gasteiger partial charge on any atom is -0.497 e. The summed E-state index contributed by atoms with van der Waals surface area (Å²) < 4.78 is 5.18. The maximum Gasteiger partial charge on any atom is 0.134 e. The van der Waals surface area contributed by atoms with E-state index in [9.17, 15) is 0 Å². The fourth-order valence-corrected chi connectivity index (χ4v) is 2.54. The summed E-state index contributed by atoms with van der Waals surface area (Å²) in [6.07, 6.45) is 0. The molecule has 3 rings (SSSR count). The third-order valence-corrected chi connectivity index (χ3v) is 3.40. The molecule has 0 saturated heterocycles. The van der Waals surface area contributed by atoms with Gasteiger partial charge in [-0.15, -0.1) is 11.3 Å². The number of ether oxygens (including phenoxy) is 1. The van der Waals surface area contributed by atoms with Gasteiger partial charge in [0.1, 0.15) is 11.6 Å². The molecule has 1 aliphatic heterocycles. The van der Waals surface area contributed by atoms with Crippen molar-refractivity contribution in [1.29, 1.82) is 0 Å². The molecular weight excluding hydrogens is 234 g/mol. The Morgan fingerprint density at radius 3 is 3.00 bits per heavy atom. The molecule has 2 heterocycles. The van der Waals surface area contributed by atoms with Crippen LogP contribution in [0.5, 0.6) is 5.75 Å². The number of hydrogen-bond acceptors (Lipinski definition) is 5. The quantitative estimate of drug-likeness (QED) is 0.812. The predicted molar refractivity (Wildman–Crippen MR) is 71.0 cm³/mol. The highest BCUT2D eigenvalue weighted by Gasteiger charge is 2.15. The van der Waals surface area contributed by atoms with Crippen molar-refractivity contribution in [1.82, 2.24) is 0 Å². The van der Waals surface area contributed by atoms with Gasteiger partial charge >= 0.3 is 0 Å². The van der Waals surface area contributed by atoms with Gasteiger partial charge in [-0.3, -0.25) is 0 Å². The molecule has 0 atom stereocenters. The molecule has 1 aromatic carbocycles. The number of amidine groups is 1. The monoisotopic (exact) mass is 245 g/mol. The lowest BCUT2D eigenvalue weighted by Gasteiger charge is -2.07. The standard InChI is InChI=1S/C12H11N3OS/c1-16-7-2-3-9-10(4-7)15-12(13)8-5-17-6-11(8)14-9/h2-6,14H,1H3,(H2,13,15). The number of aliphatic imine (C=N–C) groups is 1.